The van der Waals surface area contributed by atoms with E-state index in [9.17, 15) is 9.90 Å². The van der Waals surface area contributed by atoms with Gasteiger partial charge in [-0.3, -0.25) is 10.1 Å². The molecule has 1 saturated heterocycles. The van der Waals surface area contributed by atoms with Crippen LogP contribution in [-0.2, 0) is 11.3 Å². The molecule has 2 atom stereocenters. The summed E-state index contributed by atoms with van der Waals surface area (Å²) in [5, 5.41) is 21.4. The molecule has 1 amide bonds. The SMILES string of the molecule is CO.O=C(C(NCc1ccccc1)C(O)c1ccc2c(c1)OCCO2)N1CCCC1. The van der Waals surface area contributed by atoms with Crippen LogP contribution in [0.1, 0.15) is 30.1 Å². The minimum absolute atomic E-state index is 0.0594. The Kier molecular flexibility index (Phi) is 8.07. The summed E-state index contributed by atoms with van der Waals surface area (Å²) < 4.78 is 11.2. The first-order valence-electron chi connectivity index (χ1n) is 10.3. The highest BCUT2D eigenvalue weighted by Crippen LogP contribution is 2.33. The number of benzene rings is 2. The van der Waals surface area contributed by atoms with Gasteiger partial charge in [-0.15, -0.1) is 0 Å². The second kappa shape index (κ2) is 11.0. The van der Waals surface area contributed by atoms with Crippen LogP contribution >= 0.6 is 0 Å². The summed E-state index contributed by atoms with van der Waals surface area (Å²) in [6, 6.07) is 14.5. The predicted octanol–water partition coefficient (Wildman–Crippen LogP) is 1.88. The van der Waals surface area contributed by atoms with Crippen molar-refractivity contribution in [3.63, 3.8) is 0 Å². The molecule has 0 aliphatic carbocycles. The summed E-state index contributed by atoms with van der Waals surface area (Å²) >= 11 is 0. The van der Waals surface area contributed by atoms with Crippen molar-refractivity contribution in [1.29, 1.82) is 0 Å². The van der Waals surface area contributed by atoms with Crippen molar-refractivity contribution >= 4 is 5.91 Å². The third-order valence-electron chi connectivity index (χ3n) is 5.28. The molecule has 1 fully saturated rings. The number of nitrogens with one attached hydrogen (secondary N) is 1. The van der Waals surface area contributed by atoms with E-state index in [-0.39, 0.29) is 5.91 Å². The van der Waals surface area contributed by atoms with Crippen LogP contribution in [0.5, 0.6) is 11.5 Å². The normalized spacial score (nSPS) is 17.0. The van der Waals surface area contributed by atoms with Crippen molar-refractivity contribution in [3.05, 3.63) is 59.7 Å². The van der Waals surface area contributed by atoms with Gasteiger partial charge in [0.25, 0.3) is 0 Å². The minimum Gasteiger partial charge on any atom is -0.486 e. The van der Waals surface area contributed by atoms with Crippen LogP contribution in [0.25, 0.3) is 0 Å². The van der Waals surface area contributed by atoms with E-state index in [1.54, 1.807) is 18.2 Å². The quantitative estimate of drug-likeness (QED) is 0.669. The summed E-state index contributed by atoms with van der Waals surface area (Å²) in [7, 11) is 1.00. The molecule has 0 bridgehead atoms. The van der Waals surface area contributed by atoms with E-state index in [2.05, 4.69) is 5.32 Å². The van der Waals surface area contributed by atoms with Gasteiger partial charge < -0.3 is 24.6 Å². The maximum atomic E-state index is 13.1. The molecule has 162 valence electrons. The van der Waals surface area contributed by atoms with Gasteiger partial charge in [-0.2, -0.15) is 0 Å². The lowest BCUT2D eigenvalue weighted by atomic mass is 10.00. The number of carbonyl (C=O) groups excluding carboxylic acids is 1. The number of hydrogen-bond donors (Lipinski definition) is 3. The largest absolute Gasteiger partial charge is 0.486 e. The lowest BCUT2D eigenvalue weighted by Gasteiger charge is -2.29. The Morgan fingerprint density at radius 2 is 1.70 bits per heavy atom. The molecule has 4 rings (SSSR count). The van der Waals surface area contributed by atoms with Crippen molar-refractivity contribution in [2.45, 2.75) is 31.5 Å². The number of ether oxygens (including phenoxy) is 2. The number of fused-ring (bicyclic) bond motifs is 1. The number of likely N-dealkylation sites (tertiary alicyclic amines) is 1. The van der Waals surface area contributed by atoms with Crippen LogP contribution in [0.2, 0.25) is 0 Å². The molecular formula is C23H30N2O5. The van der Waals surface area contributed by atoms with E-state index in [0.29, 0.717) is 36.8 Å². The number of aliphatic hydroxyl groups is 2. The Bertz CT molecular complexity index is 808. The zero-order valence-corrected chi connectivity index (χ0v) is 17.3. The zero-order chi connectivity index (χ0) is 21.3. The fourth-order valence-corrected chi connectivity index (χ4v) is 3.73. The highest BCUT2D eigenvalue weighted by Gasteiger charge is 2.33. The number of amides is 1. The monoisotopic (exact) mass is 414 g/mol. The van der Waals surface area contributed by atoms with Crippen LogP contribution in [0.3, 0.4) is 0 Å². The fourth-order valence-electron chi connectivity index (χ4n) is 3.73. The second-order valence-corrected chi connectivity index (χ2v) is 7.22. The first-order chi connectivity index (χ1) is 14.7. The van der Waals surface area contributed by atoms with Gasteiger partial charge in [-0.1, -0.05) is 36.4 Å². The molecule has 0 saturated carbocycles. The van der Waals surface area contributed by atoms with Crippen LogP contribution in [0.4, 0.5) is 0 Å². The third-order valence-corrected chi connectivity index (χ3v) is 5.28. The van der Waals surface area contributed by atoms with Crippen molar-refractivity contribution in [3.8, 4) is 11.5 Å². The van der Waals surface area contributed by atoms with E-state index >= 15 is 0 Å². The van der Waals surface area contributed by atoms with E-state index in [4.69, 9.17) is 14.6 Å². The molecule has 7 nitrogen and oxygen atoms in total. The van der Waals surface area contributed by atoms with Crippen LogP contribution in [-0.4, -0.2) is 60.5 Å². The molecule has 2 aromatic rings. The van der Waals surface area contributed by atoms with E-state index in [1.807, 2.05) is 35.2 Å². The predicted molar refractivity (Wildman–Crippen MR) is 113 cm³/mol. The highest BCUT2D eigenvalue weighted by molar-refractivity contribution is 5.83. The molecule has 3 N–H and O–H groups in total. The molecule has 2 heterocycles. The Labute approximate surface area is 177 Å². The number of carbonyl (C=O) groups is 1. The fraction of sp³-hybridized carbons (Fsp3) is 0.435. The Morgan fingerprint density at radius 1 is 1.03 bits per heavy atom. The van der Waals surface area contributed by atoms with Crippen molar-refractivity contribution in [1.82, 2.24) is 10.2 Å². The molecule has 2 aliphatic heterocycles. The second-order valence-electron chi connectivity index (χ2n) is 7.22. The average Bonchev–Trinajstić information content (AvgIpc) is 3.36. The van der Waals surface area contributed by atoms with Gasteiger partial charge in [-0.25, -0.2) is 0 Å². The first kappa shape index (κ1) is 22.1. The smallest absolute Gasteiger partial charge is 0.242 e. The van der Waals surface area contributed by atoms with Gasteiger partial charge in [-0.05, 0) is 36.1 Å². The van der Waals surface area contributed by atoms with Gasteiger partial charge in [0, 0.05) is 26.7 Å². The topological polar surface area (TPSA) is 91.3 Å². The van der Waals surface area contributed by atoms with Crippen molar-refractivity contribution in [2.75, 3.05) is 33.4 Å². The molecule has 7 heteroatoms. The Balaban J connectivity index is 0.00000124. The maximum absolute atomic E-state index is 13.1. The molecule has 30 heavy (non-hydrogen) atoms. The third kappa shape index (κ3) is 5.30. The summed E-state index contributed by atoms with van der Waals surface area (Å²) in [6.45, 7) is 3.00. The van der Waals surface area contributed by atoms with Gasteiger partial charge in [0.2, 0.25) is 5.91 Å². The minimum atomic E-state index is -0.979. The van der Waals surface area contributed by atoms with Crippen LogP contribution in [0, 0.1) is 0 Å². The summed E-state index contributed by atoms with van der Waals surface area (Å²) in [4.78, 5) is 15.0. The molecule has 2 aliphatic rings. The summed E-state index contributed by atoms with van der Waals surface area (Å²) in [6.07, 6.45) is 1.04. The standard InChI is InChI=1S/C22H26N2O4.CH4O/c25-21(17-8-9-18-19(14-17)28-13-12-27-18)20(22(26)24-10-4-5-11-24)23-15-16-6-2-1-3-7-16;1-2/h1-3,6-9,14,20-21,23,25H,4-5,10-13,15H2;2H,1H3. The number of hydrogen-bond acceptors (Lipinski definition) is 6. The van der Waals surface area contributed by atoms with Crippen LogP contribution < -0.4 is 14.8 Å². The number of nitrogens with zero attached hydrogens (tertiary/aromatic N) is 1. The molecule has 2 unspecified atom stereocenters. The van der Waals surface area contributed by atoms with E-state index in [1.165, 1.54) is 0 Å². The average molecular weight is 415 g/mol. The number of rotatable bonds is 6. The Morgan fingerprint density at radius 3 is 2.40 bits per heavy atom. The highest BCUT2D eigenvalue weighted by atomic mass is 16.6. The molecule has 2 aromatic carbocycles. The van der Waals surface area contributed by atoms with Crippen molar-refractivity contribution < 1.29 is 24.5 Å². The maximum Gasteiger partial charge on any atom is 0.242 e. The molecule has 0 spiro atoms. The number of aliphatic hydroxyl groups excluding tert-OH is 2. The lowest BCUT2D eigenvalue weighted by molar-refractivity contribution is -0.135. The molecule has 0 aromatic heterocycles. The first-order valence-corrected chi connectivity index (χ1v) is 10.3. The van der Waals surface area contributed by atoms with Crippen LogP contribution in [0.15, 0.2) is 48.5 Å². The summed E-state index contributed by atoms with van der Waals surface area (Å²) in [5.74, 6) is 1.22. The van der Waals surface area contributed by atoms with Gasteiger partial charge in [0.1, 0.15) is 25.4 Å². The van der Waals surface area contributed by atoms with Gasteiger partial charge in [0.15, 0.2) is 11.5 Å². The Hall–Kier alpha value is -2.61. The molecule has 0 radical (unpaired) electrons. The van der Waals surface area contributed by atoms with Gasteiger partial charge >= 0.3 is 0 Å². The molecular weight excluding hydrogens is 384 g/mol. The lowest BCUT2D eigenvalue weighted by Crippen LogP contribution is -2.48. The summed E-state index contributed by atoms with van der Waals surface area (Å²) in [5.41, 5.74) is 1.71. The van der Waals surface area contributed by atoms with E-state index in [0.717, 1.165) is 38.6 Å². The van der Waals surface area contributed by atoms with E-state index < -0.39 is 12.1 Å². The van der Waals surface area contributed by atoms with Crippen molar-refractivity contribution in [2.24, 2.45) is 0 Å². The zero-order valence-electron chi connectivity index (χ0n) is 17.3. The van der Waals surface area contributed by atoms with Gasteiger partial charge in [0.05, 0.1) is 0 Å².